The van der Waals surface area contributed by atoms with E-state index in [1.807, 2.05) is 12.1 Å². The highest BCUT2D eigenvalue weighted by molar-refractivity contribution is 8.19. The van der Waals surface area contributed by atoms with Crippen LogP contribution in [0.2, 0.25) is 10.0 Å². The summed E-state index contributed by atoms with van der Waals surface area (Å²) in [5, 5.41) is -0.639. The third-order valence-electron chi connectivity index (χ3n) is 4.82. The van der Waals surface area contributed by atoms with Gasteiger partial charge in [0, 0.05) is 10.6 Å². The Balaban J connectivity index is 1.59. The second-order valence-corrected chi connectivity index (χ2v) is 8.97. The smallest absolute Gasteiger partial charge is 0.417 e. The van der Waals surface area contributed by atoms with Gasteiger partial charge < -0.3 is 4.74 Å². The predicted octanol–water partition coefficient (Wildman–Crippen LogP) is 7.83. The van der Waals surface area contributed by atoms with Crippen LogP contribution in [-0.4, -0.2) is 11.1 Å². The number of rotatable bonds is 5. The minimum absolute atomic E-state index is 0.0519. The molecule has 0 saturated carbocycles. The van der Waals surface area contributed by atoms with Crippen molar-refractivity contribution in [3.63, 3.8) is 0 Å². The molecular weight excluding hydrogens is 510 g/mol. The number of nitrogens with zero attached hydrogens (tertiary/aromatic N) is 1. The van der Waals surface area contributed by atoms with E-state index in [1.54, 1.807) is 36.4 Å². The molecule has 0 aromatic heterocycles. The summed E-state index contributed by atoms with van der Waals surface area (Å²) in [6.07, 6.45) is -3.26. The van der Waals surface area contributed by atoms with E-state index in [1.165, 1.54) is 12.1 Å². The number of amides is 2. The first-order valence-corrected chi connectivity index (χ1v) is 11.3. The molecule has 0 radical (unpaired) electrons. The van der Waals surface area contributed by atoms with Gasteiger partial charge in [-0.05, 0) is 59.8 Å². The molecule has 0 bridgehead atoms. The van der Waals surface area contributed by atoms with Gasteiger partial charge in [-0.15, -0.1) is 0 Å². The van der Waals surface area contributed by atoms with Crippen molar-refractivity contribution in [3.05, 3.63) is 98.4 Å². The Morgan fingerprint density at radius 3 is 2.38 bits per heavy atom. The Kier molecular flexibility index (Phi) is 6.93. The van der Waals surface area contributed by atoms with Crippen molar-refractivity contribution in [3.8, 4) is 5.75 Å². The normalized spacial score (nSPS) is 15.3. The molecule has 0 atom stereocenters. The van der Waals surface area contributed by atoms with Crippen molar-refractivity contribution < 1.29 is 27.5 Å². The average Bonchev–Trinajstić information content (AvgIpc) is 3.07. The van der Waals surface area contributed by atoms with Gasteiger partial charge in [-0.2, -0.15) is 13.2 Å². The second-order valence-electron chi connectivity index (χ2n) is 7.13. The van der Waals surface area contributed by atoms with Crippen LogP contribution in [0.15, 0.2) is 71.6 Å². The molecule has 1 fully saturated rings. The Morgan fingerprint density at radius 2 is 1.68 bits per heavy atom. The van der Waals surface area contributed by atoms with Crippen molar-refractivity contribution >= 4 is 57.9 Å². The molecule has 0 aliphatic carbocycles. The van der Waals surface area contributed by atoms with Crippen LogP contribution in [0.1, 0.15) is 16.7 Å². The van der Waals surface area contributed by atoms with Crippen LogP contribution in [-0.2, 0) is 17.6 Å². The van der Waals surface area contributed by atoms with Crippen LogP contribution < -0.4 is 9.64 Å². The Bertz CT molecular complexity index is 1290. The van der Waals surface area contributed by atoms with Crippen molar-refractivity contribution in [1.82, 2.24) is 0 Å². The van der Waals surface area contributed by atoms with Gasteiger partial charge >= 0.3 is 6.18 Å². The van der Waals surface area contributed by atoms with E-state index in [4.69, 9.17) is 27.9 Å². The second kappa shape index (κ2) is 9.74. The molecule has 0 N–H and O–H groups in total. The lowest BCUT2D eigenvalue weighted by Crippen LogP contribution is -2.28. The highest BCUT2D eigenvalue weighted by atomic mass is 35.5. The summed E-state index contributed by atoms with van der Waals surface area (Å²) in [6.45, 7) is 0.245. The summed E-state index contributed by atoms with van der Waals surface area (Å²) in [4.78, 5) is 26.2. The predicted molar refractivity (Wildman–Crippen MR) is 127 cm³/mol. The monoisotopic (exact) mass is 523 g/mol. The Hall–Kier alpha value is -2.94. The van der Waals surface area contributed by atoms with Crippen LogP contribution in [0, 0.1) is 0 Å². The third-order valence-corrected chi connectivity index (χ3v) is 6.27. The Morgan fingerprint density at radius 1 is 0.971 bits per heavy atom. The van der Waals surface area contributed by atoms with E-state index < -0.39 is 27.9 Å². The number of ether oxygens (including phenoxy) is 1. The van der Waals surface area contributed by atoms with Crippen molar-refractivity contribution in [2.24, 2.45) is 0 Å². The molecule has 1 aliphatic heterocycles. The molecule has 4 nitrogen and oxygen atoms in total. The number of hydrogen-bond donors (Lipinski definition) is 0. The topological polar surface area (TPSA) is 46.6 Å². The summed E-state index contributed by atoms with van der Waals surface area (Å²) in [6, 6.07) is 16.9. The minimum atomic E-state index is -4.73. The number of halogens is 5. The van der Waals surface area contributed by atoms with E-state index in [2.05, 4.69) is 0 Å². The maximum atomic E-state index is 13.2. The number of imide groups is 1. The van der Waals surface area contributed by atoms with Gasteiger partial charge in [0.2, 0.25) is 0 Å². The lowest BCUT2D eigenvalue weighted by atomic mass is 10.1. The van der Waals surface area contributed by atoms with Crippen LogP contribution in [0.25, 0.3) is 6.08 Å². The van der Waals surface area contributed by atoms with Gasteiger partial charge in [0.25, 0.3) is 11.1 Å². The third kappa shape index (κ3) is 5.24. The van der Waals surface area contributed by atoms with Crippen LogP contribution in [0.5, 0.6) is 5.75 Å². The lowest BCUT2D eigenvalue weighted by molar-refractivity contribution is -0.137. The van der Waals surface area contributed by atoms with Gasteiger partial charge in [-0.3, -0.25) is 9.59 Å². The fourth-order valence-corrected chi connectivity index (χ4v) is 4.36. The van der Waals surface area contributed by atoms with Gasteiger partial charge in [0.05, 0.1) is 21.2 Å². The number of carbonyl (C=O) groups excluding carboxylic acids is 2. The molecule has 174 valence electrons. The molecule has 1 aliphatic rings. The SMILES string of the molecule is O=C1S/C(=C\c2ccccc2OCc2ccc(Cl)cc2)C(=O)N1c1ccc(Cl)c(C(F)(F)F)c1. The molecule has 0 spiro atoms. The summed E-state index contributed by atoms with van der Waals surface area (Å²) in [7, 11) is 0. The molecule has 10 heteroatoms. The number of benzene rings is 3. The highest BCUT2D eigenvalue weighted by Crippen LogP contribution is 2.41. The molecule has 1 saturated heterocycles. The number of thioether (sulfide) groups is 1. The highest BCUT2D eigenvalue weighted by Gasteiger charge is 2.39. The lowest BCUT2D eigenvalue weighted by Gasteiger charge is -2.16. The molecule has 0 unspecified atom stereocenters. The largest absolute Gasteiger partial charge is 0.488 e. The maximum Gasteiger partial charge on any atom is 0.417 e. The van der Waals surface area contributed by atoms with Gasteiger partial charge in [-0.25, -0.2) is 4.90 Å². The van der Waals surface area contributed by atoms with Crippen LogP contribution in [0.4, 0.5) is 23.7 Å². The quantitative estimate of drug-likeness (QED) is 0.319. The van der Waals surface area contributed by atoms with Gasteiger partial charge in [-0.1, -0.05) is 53.5 Å². The van der Waals surface area contributed by atoms with Crippen molar-refractivity contribution in [1.29, 1.82) is 0 Å². The van der Waals surface area contributed by atoms with E-state index in [0.29, 0.717) is 39.1 Å². The zero-order chi connectivity index (χ0) is 24.5. The first-order chi connectivity index (χ1) is 16.1. The fraction of sp³-hybridized carbons (Fsp3) is 0.0833. The summed E-state index contributed by atoms with van der Waals surface area (Å²) < 4.78 is 45.5. The number of alkyl halides is 3. The van der Waals surface area contributed by atoms with Crippen LogP contribution in [0.3, 0.4) is 0 Å². The van der Waals surface area contributed by atoms with Crippen molar-refractivity contribution in [2.45, 2.75) is 12.8 Å². The number of hydrogen-bond acceptors (Lipinski definition) is 4. The number of carbonyl (C=O) groups is 2. The zero-order valence-electron chi connectivity index (χ0n) is 17.1. The first-order valence-electron chi connectivity index (χ1n) is 9.74. The molecule has 1 heterocycles. The van der Waals surface area contributed by atoms with Crippen molar-refractivity contribution in [2.75, 3.05) is 4.90 Å². The number of para-hydroxylation sites is 1. The van der Waals surface area contributed by atoms with E-state index in [9.17, 15) is 22.8 Å². The van der Waals surface area contributed by atoms with Gasteiger partial charge in [0.1, 0.15) is 12.4 Å². The zero-order valence-corrected chi connectivity index (χ0v) is 19.4. The molecule has 2 amide bonds. The summed E-state index contributed by atoms with van der Waals surface area (Å²) in [5.41, 5.74) is 0.0716. The number of anilines is 1. The van der Waals surface area contributed by atoms with Gasteiger partial charge in [0.15, 0.2) is 0 Å². The average molecular weight is 524 g/mol. The standard InChI is InChI=1S/C24H14Cl2F3NO3S/c25-16-7-5-14(6-8-16)13-33-20-4-2-1-3-15(20)11-21-22(31)30(23(32)34-21)17-9-10-19(26)18(12-17)24(27,28)29/h1-12H,13H2/b21-11-. The maximum absolute atomic E-state index is 13.2. The fourth-order valence-electron chi connectivity index (χ4n) is 3.17. The minimum Gasteiger partial charge on any atom is -0.488 e. The molecule has 3 aromatic carbocycles. The summed E-state index contributed by atoms with van der Waals surface area (Å²) in [5.74, 6) is -0.270. The molecule has 4 rings (SSSR count). The summed E-state index contributed by atoms with van der Waals surface area (Å²) >= 11 is 12.2. The van der Waals surface area contributed by atoms with Crippen LogP contribution >= 0.6 is 35.0 Å². The van der Waals surface area contributed by atoms with E-state index in [-0.39, 0.29) is 17.2 Å². The molecular formula is C24H14Cl2F3NO3S. The first kappa shape index (κ1) is 24.2. The van der Waals surface area contributed by atoms with E-state index >= 15 is 0 Å². The van der Waals surface area contributed by atoms with E-state index in [0.717, 1.165) is 11.6 Å². The molecule has 3 aromatic rings. The Labute approximate surface area is 206 Å². The molecule has 34 heavy (non-hydrogen) atoms.